The van der Waals surface area contributed by atoms with Gasteiger partial charge in [0.15, 0.2) is 11.2 Å². The van der Waals surface area contributed by atoms with Crippen LogP contribution in [-0.4, -0.2) is 23.7 Å². The van der Waals surface area contributed by atoms with Crippen molar-refractivity contribution >= 4 is 11.2 Å². The van der Waals surface area contributed by atoms with Crippen molar-refractivity contribution in [2.45, 2.75) is 19.6 Å². The molecule has 0 saturated carbocycles. The van der Waals surface area contributed by atoms with Crippen LogP contribution >= 0.6 is 0 Å². The molecule has 0 N–H and O–H groups in total. The van der Waals surface area contributed by atoms with Crippen molar-refractivity contribution in [2.24, 2.45) is 14.1 Å². The fourth-order valence-electron chi connectivity index (χ4n) is 3.25. The third kappa shape index (κ3) is 3.77. The van der Waals surface area contributed by atoms with Crippen molar-refractivity contribution < 1.29 is 17.9 Å². The Bertz CT molecular complexity index is 1430. The van der Waals surface area contributed by atoms with Crippen molar-refractivity contribution in [1.29, 1.82) is 0 Å². The van der Waals surface area contributed by atoms with Crippen LogP contribution in [0, 0.1) is 6.92 Å². The Labute approximate surface area is 179 Å². The van der Waals surface area contributed by atoms with Gasteiger partial charge in [0.25, 0.3) is 5.56 Å². The maximum absolute atomic E-state index is 13.1. The summed E-state index contributed by atoms with van der Waals surface area (Å²) >= 11 is 0. The largest absolute Gasteiger partial charge is 0.425 e. The van der Waals surface area contributed by atoms with Crippen molar-refractivity contribution in [3.63, 3.8) is 0 Å². The first kappa shape index (κ1) is 21.3. The molecule has 0 aliphatic heterocycles. The van der Waals surface area contributed by atoms with Gasteiger partial charge < -0.3 is 4.74 Å². The molecule has 0 aliphatic rings. The van der Waals surface area contributed by atoms with E-state index < -0.39 is 23.0 Å². The van der Waals surface area contributed by atoms with Crippen LogP contribution in [-0.2, 0) is 26.8 Å². The van der Waals surface area contributed by atoms with Gasteiger partial charge in [0.2, 0.25) is 0 Å². The van der Waals surface area contributed by atoms with Gasteiger partial charge in [-0.1, -0.05) is 12.1 Å². The Morgan fingerprint density at radius 3 is 2.47 bits per heavy atom. The number of aryl methyl sites for hydroxylation is 2. The molecule has 3 heterocycles. The zero-order valence-electron chi connectivity index (χ0n) is 17.3. The molecular weight excluding hydrogens is 427 g/mol. The molecule has 0 atom stereocenters. The molecule has 0 unspecified atom stereocenters. The Balaban J connectivity index is 1.91. The summed E-state index contributed by atoms with van der Waals surface area (Å²) in [4.78, 5) is 33.8. The molecule has 0 aliphatic carbocycles. The van der Waals surface area contributed by atoms with Crippen molar-refractivity contribution in [1.82, 2.24) is 23.7 Å². The molecule has 1 aromatic carbocycles. The summed E-state index contributed by atoms with van der Waals surface area (Å²) in [5.74, 6) is -0.116. The molecule has 166 valence electrons. The van der Waals surface area contributed by atoms with E-state index in [0.717, 1.165) is 22.3 Å². The van der Waals surface area contributed by atoms with Gasteiger partial charge in [-0.05, 0) is 36.8 Å². The quantitative estimate of drug-likeness (QED) is 0.482. The normalized spacial score (nSPS) is 11.8. The second kappa shape index (κ2) is 7.66. The van der Waals surface area contributed by atoms with Crippen LogP contribution in [0.2, 0.25) is 0 Å². The SMILES string of the molecule is Cc1ccc(Cn2c(Oc3cccc(C(F)(F)F)c3)nc3c2c(=O)n(C)c(=O)n3C)nc1. The number of halogens is 3. The summed E-state index contributed by atoms with van der Waals surface area (Å²) in [6.45, 7) is 1.93. The molecule has 0 amide bonds. The highest BCUT2D eigenvalue weighted by Crippen LogP contribution is 2.33. The molecule has 8 nitrogen and oxygen atoms in total. The van der Waals surface area contributed by atoms with Gasteiger partial charge in [-0.25, -0.2) is 4.79 Å². The predicted octanol–water partition coefficient (Wildman–Crippen LogP) is 3.00. The van der Waals surface area contributed by atoms with Crippen LogP contribution < -0.4 is 16.0 Å². The summed E-state index contributed by atoms with van der Waals surface area (Å²) in [6, 6.07) is 7.77. The lowest BCUT2D eigenvalue weighted by atomic mass is 10.2. The lowest BCUT2D eigenvalue weighted by Gasteiger charge is -2.11. The van der Waals surface area contributed by atoms with Gasteiger partial charge >= 0.3 is 17.9 Å². The molecule has 4 rings (SSSR count). The van der Waals surface area contributed by atoms with E-state index in [0.29, 0.717) is 5.69 Å². The average Bonchev–Trinajstić information content (AvgIpc) is 3.10. The van der Waals surface area contributed by atoms with E-state index in [-0.39, 0.29) is 29.5 Å². The molecule has 4 aromatic rings. The zero-order chi connectivity index (χ0) is 23.2. The Kier molecular flexibility index (Phi) is 5.11. The topological polar surface area (TPSA) is 83.9 Å². The number of nitrogens with zero attached hydrogens (tertiary/aromatic N) is 5. The van der Waals surface area contributed by atoms with E-state index in [4.69, 9.17) is 4.74 Å². The Morgan fingerprint density at radius 1 is 1.06 bits per heavy atom. The van der Waals surface area contributed by atoms with Crippen LogP contribution in [0.1, 0.15) is 16.8 Å². The molecule has 11 heteroatoms. The third-order valence-electron chi connectivity index (χ3n) is 4.98. The Morgan fingerprint density at radius 2 is 1.81 bits per heavy atom. The van der Waals surface area contributed by atoms with Gasteiger partial charge in [-0.15, -0.1) is 0 Å². The molecular formula is C21H18F3N5O3. The van der Waals surface area contributed by atoms with Crippen molar-refractivity contribution in [3.05, 3.63) is 80.3 Å². The highest BCUT2D eigenvalue weighted by atomic mass is 19.4. The van der Waals surface area contributed by atoms with Crippen LogP contribution in [0.4, 0.5) is 13.2 Å². The van der Waals surface area contributed by atoms with Crippen molar-refractivity contribution in [2.75, 3.05) is 0 Å². The summed E-state index contributed by atoms with van der Waals surface area (Å²) in [6.07, 6.45) is -2.90. The second-order valence-electron chi connectivity index (χ2n) is 7.31. The van der Waals surface area contributed by atoms with Crippen LogP contribution in [0.25, 0.3) is 11.2 Å². The average molecular weight is 445 g/mol. The number of alkyl halides is 3. The molecule has 3 aromatic heterocycles. The smallest absolute Gasteiger partial charge is 0.416 e. The van der Waals surface area contributed by atoms with E-state index in [1.807, 2.05) is 13.0 Å². The van der Waals surface area contributed by atoms with Gasteiger partial charge in [-0.2, -0.15) is 18.2 Å². The number of fused-ring (bicyclic) bond motifs is 1. The molecule has 0 spiro atoms. The molecule has 0 saturated heterocycles. The van der Waals surface area contributed by atoms with E-state index in [2.05, 4.69) is 9.97 Å². The molecule has 32 heavy (non-hydrogen) atoms. The highest BCUT2D eigenvalue weighted by Gasteiger charge is 2.31. The maximum atomic E-state index is 13.1. The summed E-state index contributed by atoms with van der Waals surface area (Å²) < 4.78 is 48.5. The number of rotatable bonds is 4. The predicted molar refractivity (Wildman–Crippen MR) is 110 cm³/mol. The first-order valence-corrected chi connectivity index (χ1v) is 9.49. The highest BCUT2D eigenvalue weighted by molar-refractivity contribution is 5.72. The van der Waals surface area contributed by atoms with E-state index in [1.54, 1.807) is 12.3 Å². The monoisotopic (exact) mass is 445 g/mol. The van der Waals surface area contributed by atoms with Crippen LogP contribution in [0.15, 0.2) is 52.2 Å². The van der Waals surface area contributed by atoms with E-state index in [1.165, 1.54) is 35.4 Å². The number of ether oxygens (including phenoxy) is 1. The van der Waals surface area contributed by atoms with Gasteiger partial charge in [0, 0.05) is 20.3 Å². The number of benzene rings is 1. The first-order valence-electron chi connectivity index (χ1n) is 9.49. The lowest BCUT2D eigenvalue weighted by molar-refractivity contribution is -0.137. The summed E-state index contributed by atoms with van der Waals surface area (Å²) in [7, 11) is 2.78. The van der Waals surface area contributed by atoms with Gasteiger partial charge in [0.05, 0.1) is 17.8 Å². The lowest BCUT2D eigenvalue weighted by Crippen LogP contribution is -2.37. The minimum Gasteiger partial charge on any atom is -0.425 e. The minimum atomic E-state index is -4.55. The van der Waals surface area contributed by atoms with Crippen LogP contribution in [0.5, 0.6) is 11.8 Å². The number of pyridine rings is 1. The Hall–Kier alpha value is -3.89. The molecule has 0 radical (unpaired) electrons. The fourth-order valence-corrected chi connectivity index (χ4v) is 3.25. The number of hydrogen-bond donors (Lipinski definition) is 0. The van der Waals surface area contributed by atoms with Crippen molar-refractivity contribution in [3.8, 4) is 11.8 Å². The molecule has 0 bridgehead atoms. The summed E-state index contributed by atoms with van der Waals surface area (Å²) in [5.41, 5.74) is -0.470. The van der Waals surface area contributed by atoms with E-state index >= 15 is 0 Å². The second-order valence-corrected chi connectivity index (χ2v) is 7.31. The summed E-state index contributed by atoms with van der Waals surface area (Å²) in [5, 5.41) is 0. The minimum absolute atomic E-state index is 0.0483. The number of hydrogen-bond acceptors (Lipinski definition) is 5. The van der Waals surface area contributed by atoms with Gasteiger partial charge in [0.1, 0.15) is 5.75 Å². The number of aromatic nitrogens is 5. The standard InChI is InChI=1S/C21H18F3N5O3/c1-12-7-8-14(25-10-12)11-29-16-17(27(2)20(31)28(3)18(16)30)26-19(29)32-15-6-4-5-13(9-15)21(22,23)24/h4-10H,11H2,1-3H3. The first-order chi connectivity index (χ1) is 15.1. The maximum Gasteiger partial charge on any atom is 0.416 e. The fraction of sp³-hybridized carbons (Fsp3) is 0.238. The van der Waals surface area contributed by atoms with Crippen LogP contribution in [0.3, 0.4) is 0 Å². The third-order valence-corrected chi connectivity index (χ3v) is 4.98. The zero-order valence-corrected chi connectivity index (χ0v) is 17.3. The van der Waals surface area contributed by atoms with Gasteiger partial charge in [-0.3, -0.25) is 23.5 Å². The number of imidazole rings is 1. The van der Waals surface area contributed by atoms with E-state index in [9.17, 15) is 22.8 Å². The molecule has 0 fully saturated rings.